The summed E-state index contributed by atoms with van der Waals surface area (Å²) in [5.74, 6) is -5.51. The van der Waals surface area contributed by atoms with E-state index in [2.05, 4.69) is 0 Å². The van der Waals surface area contributed by atoms with Gasteiger partial charge in [0.2, 0.25) is 0 Å². The minimum absolute atomic E-state index is 0. The van der Waals surface area contributed by atoms with Gasteiger partial charge in [-0.15, -0.1) is 0 Å². The molecule has 2 aromatic carbocycles. The van der Waals surface area contributed by atoms with Crippen molar-refractivity contribution in [2.75, 3.05) is 0 Å². The molecule has 0 spiro atoms. The van der Waals surface area contributed by atoms with E-state index in [1.807, 2.05) is 0 Å². The highest BCUT2D eigenvalue weighted by atomic mass is 16.4. The number of aryl methyl sites for hydroxylation is 2. The van der Waals surface area contributed by atoms with Crippen LogP contribution in [0.2, 0.25) is 0 Å². The van der Waals surface area contributed by atoms with Gasteiger partial charge in [-0.05, 0) is 66.8 Å². The van der Waals surface area contributed by atoms with Gasteiger partial charge in [-0.1, -0.05) is 0 Å². The van der Waals surface area contributed by atoms with Crippen molar-refractivity contribution in [3.8, 4) is 0 Å². The molecule has 0 aliphatic carbocycles. The highest BCUT2D eigenvalue weighted by Gasteiger charge is 2.21. The van der Waals surface area contributed by atoms with Gasteiger partial charge >= 0.3 is 23.9 Å². The maximum Gasteiger partial charge on any atom is 0.336 e. The number of hydrogen-bond acceptors (Lipinski definition) is 5. The van der Waals surface area contributed by atoms with Gasteiger partial charge in [0, 0.05) is 0 Å². The summed E-state index contributed by atoms with van der Waals surface area (Å²) in [4.78, 5) is 45.2. The molecule has 28 heavy (non-hydrogen) atoms. The van der Waals surface area contributed by atoms with Crippen molar-refractivity contribution in [3.63, 3.8) is 0 Å². The molecule has 7 N–H and O–H groups in total. The van der Waals surface area contributed by atoms with Gasteiger partial charge in [-0.3, -0.25) is 0 Å². The van der Waals surface area contributed by atoms with E-state index >= 15 is 0 Å². The fourth-order valence-electron chi connectivity index (χ4n) is 2.80. The number of aromatic carboxylic acids is 4. The molecule has 0 aliphatic rings. The van der Waals surface area contributed by atoms with Crippen LogP contribution in [0.4, 0.5) is 0 Å². The Morgan fingerprint density at radius 1 is 0.607 bits per heavy atom. The van der Waals surface area contributed by atoms with Crippen molar-refractivity contribution in [2.24, 2.45) is 0 Å². The topological polar surface area (TPSA) is 184 Å². The van der Waals surface area contributed by atoms with Crippen LogP contribution in [0.3, 0.4) is 0 Å². The van der Waals surface area contributed by atoms with Gasteiger partial charge < -0.3 is 26.6 Å². The van der Waals surface area contributed by atoms with Gasteiger partial charge in [0.1, 0.15) is 0 Å². The molecular formula is C19H19NO8. The summed E-state index contributed by atoms with van der Waals surface area (Å²) in [6.45, 7) is 3.24. The van der Waals surface area contributed by atoms with Crippen LogP contribution < -0.4 is 6.15 Å². The lowest BCUT2D eigenvalue weighted by Crippen LogP contribution is -2.12. The van der Waals surface area contributed by atoms with Gasteiger partial charge in [-0.2, -0.15) is 0 Å². The van der Waals surface area contributed by atoms with Gasteiger partial charge in [0.25, 0.3) is 0 Å². The Bertz CT molecular complexity index is 914. The molecule has 0 amide bonds. The van der Waals surface area contributed by atoms with Crippen molar-refractivity contribution in [1.82, 2.24) is 6.15 Å². The van der Waals surface area contributed by atoms with Crippen LogP contribution in [-0.2, 0) is 6.42 Å². The van der Waals surface area contributed by atoms with E-state index in [9.17, 15) is 29.4 Å². The maximum absolute atomic E-state index is 11.4. The molecule has 0 saturated carbocycles. The first-order valence-electron chi connectivity index (χ1n) is 7.73. The van der Waals surface area contributed by atoms with Crippen molar-refractivity contribution in [3.05, 3.63) is 68.8 Å². The summed E-state index contributed by atoms with van der Waals surface area (Å²) in [5, 5.41) is 36.8. The van der Waals surface area contributed by atoms with E-state index in [1.54, 1.807) is 13.8 Å². The molecule has 2 aromatic rings. The molecule has 0 bridgehead atoms. The zero-order chi connectivity index (χ0) is 20.5. The second kappa shape index (κ2) is 8.31. The molecule has 9 nitrogen and oxygen atoms in total. The van der Waals surface area contributed by atoms with Gasteiger partial charge in [0.05, 0.1) is 22.3 Å². The number of rotatable bonds is 6. The molecule has 0 saturated heterocycles. The van der Waals surface area contributed by atoms with E-state index in [1.165, 1.54) is 24.3 Å². The maximum atomic E-state index is 11.4. The van der Waals surface area contributed by atoms with Crippen LogP contribution in [0.5, 0.6) is 0 Å². The summed E-state index contributed by atoms with van der Waals surface area (Å²) in [5.41, 5.74) is 0.621. The quantitative estimate of drug-likeness (QED) is 0.495. The third-order valence-electron chi connectivity index (χ3n) is 4.25. The Labute approximate surface area is 159 Å². The minimum Gasteiger partial charge on any atom is -0.478 e. The van der Waals surface area contributed by atoms with Crippen LogP contribution in [0.1, 0.15) is 63.7 Å². The van der Waals surface area contributed by atoms with Gasteiger partial charge in [0.15, 0.2) is 0 Å². The first-order valence-corrected chi connectivity index (χ1v) is 7.73. The zero-order valence-corrected chi connectivity index (χ0v) is 15.1. The van der Waals surface area contributed by atoms with Gasteiger partial charge in [-0.25, -0.2) is 19.2 Å². The summed E-state index contributed by atoms with van der Waals surface area (Å²) < 4.78 is 0. The van der Waals surface area contributed by atoms with E-state index < -0.39 is 23.9 Å². The normalized spacial score (nSPS) is 10.1. The molecule has 0 radical (unpaired) electrons. The second-order valence-electron chi connectivity index (χ2n) is 6.05. The number of carboxylic acid groups (broad SMARTS) is 4. The van der Waals surface area contributed by atoms with Crippen LogP contribution in [0, 0.1) is 13.8 Å². The first kappa shape index (κ1) is 22.3. The number of carbonyl (C=O) groups is 4. The highest BCUT2D eigenvalue weighted by molar-refractivity contribution is 6.03. The standard InChI is InChI=1S/C19H16O8.H3N/c1-8-3-12(16(20)21)14(18(24)25)6-10(8)5-11-7-15(19(26)27)13(17(22)23)4-9(11)2;/h3-4,6-7H,5H2,1-2H3,(H,20,21)(H,22,23)(H,24,25)(H,26,27);1H3. The smallest absolute Gasteiger partial charge is 0.336 e. The predicted molar refractivity (Wildman–Crippen MR) is 98.0 cm³/mol. The van der Waals surface area contributed by atoms with E-state index in [-0.39, 0.29) is 34.8 Å². The fourth-order valence-corrected chi connectivity index (χ4v) is 2.80. The minimum atomic E-state index is -1.39. The third-order valence-corrected chi connectivity index (χ3v) is 4.25. The molecule has 2 rings (SSSR count). The lowest BCUT2D eigenvalue weighted by atomic mass is 9.91. The monoisotopic (exact) mass is 389 g/mol. The predicted octanol–water partition coefficient (Wildman–Crippen LogP) is 2.85. The zero-order valence-electron chi connectivity index (χ0n) is 15.1. The molecule has 0 aliphatic heterocycles. The van der Waals surface area contributed by atoms with Crippen LogP contribution >= 0.6 is 0 Å². The van der Waals surface area contributed by atoms with Crippen LogP contribution in [0.15, 0.2) is 24.3 Å². The summed E-state index contributed by atoms with van der Waals surface area (Å²) in [6, 6.07) is 4.98. The molecule has 0 heterocycles. The number of carboxylic acids is 4. The molecule has 0 unspecified atom stereocenters. The van der Waals surface area contributed by atoms with Crippen molar-refractivity contribution < 1.29 is 39.6 Å². The Morgan fingerprint density at radius 2 is 0.857 bits per heavy atom. The molecule has 148 valence electrons. The third kappa shape index (κ3) is 4.33. The first-order chi connectivity index (χ1) is 12.5. The second-order valence-corrected chi connectivity index (χ2v) is 6.05. The average molecular weight is 389 g/mol. The summed E-state index contributed by atoms with van der Waals surface area (Å²) >= 11 is 0. The van der Waals surface area contributed by atoms with Crippen molar-refractivity contribution >= 4 is 23.9 Å². The summed E-state index contributed by atoms with van der Waals surface area (Å²) in [7, 11) is 0. The molecule has 0 atom stereocenters. The van der Waals surface area contributed by atoms with E-state index in [0.29, 0.717) is 22.3 Å². The number of hydrogen-bond donors (Lipinski definition) is 5. The highest BCUT2D eigenvalue weighted by Crippen LogP contribution is 2.24. The Kier molecular flexibility index (Phi) is 6.63. The SMILES string of the molecule is Cc1cc(C(=O)O)c(C(=O)O)cc1Cc1cc(C(=O)O)c(C(=O)O)cc1C.N. The molecule has 0 aromatic heterocycles. The molecular weight excluding hydrogens is 370 g/mol. The van der Waals surface area contributed by atoms with E-state index in [4.69, 9.17) is 10.2 Å². The Balaban J connectivity index is 0.00000392. The Morgan fingerprint density at radius 3 is 1.11 bits per heavy atom. The lowest BCUT2D eigenvalue weighted by Gasteiger charge is -2.14. The fraction of sp³-hybridized carbons (Fsp3) is 0.158. The molecule has 0 fully saturated rings. The van der Waals surface area contributed by atoms with Crippen LogP contribution in [-0.4, -0.2) is 44.3 Å². The lowest BCUT2D eigenvalue weighted by molar-refractivity contribution is 0.0651. The van der Waals surface area contributed by atoms with Crippen molar-refractivity contribution in [2.45, 2.75) is 20.3 Å². The van der Waals surface area contributed by atoms with E-state index in [0.717, 1.165) is 0 Å². The van der Waals surface area contributed by atoms with Crippen molar-refractivity contribution in [1.29, 1.82) is 0 Å². The largest absolute Gasteiger partial charge is 0.478 e. The number of benzene rings is 2. The molecule has 9 heteroatoms. The Hall–Kier alpha value is -3.72. The van der Waals surface area contributed by atoms with Crippen LogP contribution in [0.25, 0.3) is 0 Å². The summed E-state index contributed by atoms with van der Waals surface area (Å²) in [6.07, 6.45) is 0.123. The average Bonchev–Trinajstić information content (AvgIpc) is 2.56.